The summed E-state index contributed by atoms with van der Waals surface area (Å²) in [5.74, 6) is 2.28. The van der Waals surface area contributed by atoms with Crippen molar-refractivity contribution in [2.75, 3.05) is 40.5 Å². The van der Waals surface area contributed by atoms with Gasteiger partial charge in [-0.1, -0.05) is 0 Å². The van der Waals surface area contributed by atoms with Gasteiger partial charge in [0.1, 0.15) is 5.75 Å². The first-order chi connectivity index (χ1) is 10.8. The highest BCUT2D eigenvalue weighted by Crippen LogP contribution is 2.30. The minimum absolute atomic E-state index is 0.710. The fourth-order valence-corrected chi connectivity index (χ4v) is 2.74. The van der Waals surface area contributed by atoms with Crippen LogP contribution >= 0.6 is 0 Å². The number of rotatable bonds is 9. The van der Waals surface area contributed by atoms with Gasteiger partial charge in [0.2, 0.25) is 0 Å². The van der Waals surface area contributed by atoms with Crippen molar-refractivity contribution in [2.24, 2.45) is 0 Å². The molecule has 4 heteroatoms. The zero-order chi connectivity index (χ0) is 15.6. The second-order valence-corrected chi connectivity index (χ2v) is 5.63. The Labute approximate surface area is 134 Å². The van der Waals surface area contributed by atoms with Gasteiger partial charge in [0, 0.05) is 6.07 Å². The highest BCUT2D eigenvalue weighted by molar-refractivity contribution is 5.45. The predicted octanol–water partition coefficient (Wildman–Crippen LogP) is 3.55. The third-order valence-corrected chi connectivity index (χ3v) is 4.04. The van der Waals surface area contributed by atoms with Gasteiger partial charge in [-0.05, 0) is 70.3 Å². The molecule has 1 saturated heterocycles. The first kappa shape index (κ1) is 16.9. The molecule has 0 unspecified atom stereocenters. The number of likely N-dealkylation sites (tertiary alicyclic amines) is 1. The van der Waals surface area contributed by atoms with Gasteiger partial charge in [-0.3, -0.25) is 0 Å². The maximum Gasteiger partial charge on any atom is 0.164 e. The van der Waals surface area contributed by atoms with Crippen LogP contribution in [-0.4, -0.2) is 45.4 Å². The van der Waals surface area contributed by atoms with Crippen LogP contribution in [0.3, 0.4) is 0 Å². The number of hydrogen-bond acceptors (Lipinski definition) is 4. The zero-order valence-electron chi connectivity index (χ0n) is 13.8. The van der Waals surface area contributed by atoms with E-state index >= 15 is 0 Å². The average Bonchev–Trinajstić information content (AvgIpc) is 2.58. The molecule has 1 aliphatic rings. The molecule has 0 spiro atoms. The molecule has 1 heterocycles. The van der Waals surface area contributed by atoms with Crippen molar-refractivity contribution in [3.63, 3.8) is 0 Å². The summed E-state index contributed by atoms with van der Waals surface area (Å²) >= 11 is 0. The third-order valence-electron chi connectivity index (χ3n) is 4.04. The number of hydrogen-bond donors (Lipinski definition) is 0. The lowest BCUT2D eigenvalue weighted by Crippen LogP contribution is -2.30. The van der Waals surface area contributed by atoms with E-state index in [1.54, 1.807) is 14.2 Å². The summed E-state index contributed by atoms with van der Waals surface area (Å²) in [6.45, 7) is 4.46. The van der Waals surface area contributed by atoms with Crippen LogP contribution in [-0.2, 0) is 0 Å². The van der Waals surface area contributed by atoms with Gasteiger partial charge < -0.3 is 19.1 Å². The topological polar surface area (TPSA) is 30.9 Å². The predicted molar refractivity (Wildman–Crippen MR) is 88.9 cm³/mol. The maximum atomic E-state index is 5.79. The van der Waals surface area contributed by atoms with Crippen molar-refractivity contribution in [2.45, 2.75) is 32.1 Å². The molecule has 123 valence electrons. The quantitative estimate of drug-likeness (QED) is 0.653. The lowest BCUT2D eigenvalue weighted by molar-refractivity contribution is 0.242. The molecule has 0 saturated carbocycles. The normalized spacial score (nSPS) is 15.5. The number of benzene rings is 1. The van der Waals surface area contributed by atoms with Crippen LogP contribution in [0.5, 0.6) is 17.2 Å². The summed E-state index contributed by atoms with van der Waals surface area (Å²) < 4.78 is 16.3. The lowest BCUT2D eigenvalue weighted by Gasteiger charge is -2.26. The van der Waals surface area contributed by atoms with Gasteiger partial charge in [0.25, 0.3) is 0 Å². The average molecular weight is 306 g/mol. The third kappa shape index (κ3) is 5.41. The van der Waals surface area contributed by atoms with E-state index in [1.165, 1.54) is 45.3 Å². The van der Waals surface area contributed by atoms with E-state index in [9.17, 15) is 0 Å². The summed E-state index contributed by atoms with van der Waals surface area (Å²) in [5.41, 5.74) is 0. The zero-order valence-corrected chi connectivity index (χ0v) is 13.8. The molecule has 2 rings (SSSR count). The highest BCUT2D eigenvalue weighted by Gasteiger charge is 2.09. The first-order valence-corrected chi connectivity index (χ1v) is 8.22. The van der Waals surface area contributed by atoms with Crippen molar-refractivity contribution in [3.8, 4) is 17.2 Å². The minimum atomic E-state index is 0.710. The molecular formula is C18H28NO3. The van der Waals surface area contributed by atoms with Crippen LogP contribution < -0.4 is 14.2 Å². The summed E-state index contributed by atoms with van der Waals surface area (Å²) in [5, 5.41) is 0. The fraction of sp³-hybridized carbons (Fsp3) is 0.611. The van der Waals surface area contributed by atoms with Crippen LogP contribution in [0.1, 0.15) is 32.1 Å². The van der Waals surface area contributed by atoms with Crippen molar-refractivity contribution in [1.29, 1.82) is 0 Å². The highest BCUT2D eigenvalue weighted by atomic mass is 16.5. The van der Waals surface area contributed by atoms with E-state index in [0.29, 0.717) is 5.75 Å². The maximum absolute atomic E-state index is 5.79. The van der Waals surface area contributed by atoms with Crippen molar-refractivity contribution >= 4 is 0 Å². The summed E-state index contributed by atoms with van der Waals surface area (Å²) in [6.07, 6.45) is 8.47. The summed E-state index contributed by atoms with van der Waals surface area (Å²) in [4.78, 5) is 2.56. The second kappa shape index (κ2) is 9.57. The fourth-order valence-electron chi connectivity index (χ4n) is 2.74. The molecule has 1 fully saturated rings. The molecule has 0 aliphatic carbocycles. The van der Waals surface area contributed by atoms with Gasteiger partial charge in [-0.2, -0.15) is 0 Å². The number of piperidine rings is 1. The molecule has 1 aromatic rings. The van der Waals surface area contributed by atoms with Crippen molar-refractivity contribution < 1.29 is 14.2 Å². The van der Waals surface area contributed by atoms with Crippen LogP contribution in [0.25, 0.3) is 0 Å². The molecule has 1 radical (unpaired) electrons. The van der Waals surface area contributed by atoms with Crippen LogP contribution in [0.15, 0.2) is 18.2 Å². The summed E-state index contributed by atoms with van der Waals surface area (Å²) in [6, 6.07) is 5.68. The smallest absolute Gasteiger partial charge is 0.164 e. The van der Waals surface area contributed by atoms with Crippen molar-refractivity contribution in [3.05, 3.63) is 24.6 Å². The first-order valence-electron chi connectivity index (χ1n) is 8.22. The molecule has 0 amide bonds. The van der Waals surface area contributed by atoms with Crippen LogP contribution in [0, 0.1) is 6.42 Å². The van der Waals surface area contributed by atoms with Crippen LogP contribution in [0.4, 0.5) is 0 Å². The van der Waals surface area contributed by atoms with Gasteiger partial charge in [-0.15, -0.1) is 0 Å². The molecule has 1 aromatic carbocycles. The molecule has 0 bridgehead atoms. The Kier molecular flexibility index (Phi) is 7.37. The molecule has 22 heavy (non-hydrogen) atoms. The number of ether oxygens (including phenoxy) is 3. The molecule has 4 nitrogen and oxygen atoms in total. The van der Waals surface area contributed by atoms with Crippen LogP contribution in [0.2, 0.25) is 0 Å². The van der Waals surface area contributed by atoms with E-state index in [2.05, 4.69) is 11.3 Å². The van der Waals surface area contributed by atoms with Crippen molar-refractivity contribution in [1.82, 2.24) is 4.90 Å². The Hall–Kier alpha value is -1.42. The number of nitrogens with zero attached hydrogens (tertiary/aromatic N) is 1. The number of methoxy groups -OCH3 is 2. The summed E-state index contributed by atoms with van der Waals surface area (Å²) in [7, 11) is 3.28. The second-order valence-electron chi connectivity index (χ2n) is 5.63. The number of unbranched alkanes of at least 4 members (excludes halogenated alkanes) is 2. The standard InChI is InChI=1S/C18H28NO3/c1-20-17-10-9-16(15-18(17)21-2)22-14-8-4-7-13-19-11-5-3-6-12-19/h3,9-10,15H,4-8,11-14H2,1-2H3. The van der Waals surface area contributed by atoms with E-state index in [-0.39, 0.29) is 0 Å². The SMILES string of the molecule is COc1ccc(OCCCCCN2CC[CH]CC2)cc1OC. The molecule has 0 atom stereocenters. The van der Waals surface area contributed by atoms with E-state index in [0.717, 1.165) is 24.5 Å². The molecule has 1 aliphatic heterocycles. The van der Waals surface area contributed by atoms with E-state index in [1.807, 2.05) is 18.2 Å². The Morgan fingerprint density at radius 1 is 0.955 bits per heavy atom. The largest absolute Gasteiger partial charge is 0.493 e. The Bertz CT molecular complexity index is 430. The molecule has 0 aromatic heterocycles. The van der Waals surface area contributed by atoms with E-state index in [4.69, 9.17) is 14.2 Å². The van der Waals surface area contributed by atoms with Gasteiger partial charge in [0.05, 0.1) is 20.8 Å². The monoisotopic (exact) mass is 306 g/mol. The minimum Gasteiger partial charge on any atom is -0.493 e. The van der Waals surface area contributed by atoms with Gasteiger partial charge >= 0.3 is 0 Å². The van der Waals surface area contributed by atoms with E-state index < -0.39 is 0 Å². The Morgan fingerprint density at radius 2 is 1.73 bits per heavy atom. The molecule has 0 N–H and O–H groups in total. The van der Waals surface area contributed by atoms with Gasteiger partial charge in [0.15, 0.2) is 11.5 Å². The Morgan fingerprint density at radius 3 is 2.45 bits per heavy atom. The lowest BCUT2D eigenvalue weighted by atomic mass is 10.1. The van der Waals surface area contributed by atoms with Gasteiger partial charge in [-0.25, -0.2) is 0 Å². The molecular weight excluding hydrogens is 278 g/mol. The Balaban J connectivity index is 1.60.